The molecular weight excluding hydrogens is 300 g/mol. The molecule has 124 valence electrons. The Labute approximate surface area is 141 Å². The number of amides is 1. The van der Waals surface area contributed by atoms with E-state index in [0.29, 0.717) is 35.4 Å². The third kappa shape index (κ3) is 2.52. The Balaban J connectivity index is 1.57. The second-order valence-electron chi connectivity index (χ2n) is 6.80. The fraction of sp³-hybridized carbons (Fsp3) is 0.350. The zero-order valence-electron chi connectivity index (χ0n) is 13.5. The van der Waals surface area contributed by atoms with Crippen LogP contribution in [-0.4, -0.2) is 30.6 Å². The molecular formula is C20H22N2O2. The van der Waals surface area contributed by atoms with Gasteiger partial charge in [-0.05, 0) is 42.0 Å². The Morgan fingerprint density at radius 2 is 1.50 bits per heavy atom. The molecule has 0 spiro atoms. The highest BCUT2D eigenvalue weighted by molar-refractivity contribution is 5.90. The number of carbonyl (C=O) groups excluding carboxylic acids is 1. The number of carbonyl (C=O) groups is 1. The molecule has 1 saturated carbocycles. The topological polar surface area (TPSA) is 61.4 Å². The summed E-state index contributed by atoms with van der Waals surface area (Å²) >= 11 is 0. The van der Waals surface area contributed by atoms with Crippen molar-refractivity contribution in [1.29, 1.82) is 0 Å². The van der Waals surface area contributed by atoms with E-state index < -0.39 is 5.60 Å². The highest BCUT2D eigenvalue weighted by atomic mass is 16.3. The molecule has 0 bridgehead atoms. The number of piperidine rings is 1. The fourth-order valence-electron chi connectivity index (χ4n) is 3.98. The number of hydrogen-bond acceptors (Lipinski definition) is 3. The molecule has 0 unspecified atom stereocenters. The van der Waals surface area contributed by atoms with Gasteiger partial charge in [0.2, 0.25) is 0 Å². The third-order valence-corrected chi connectivity index (χ3v) is 5.48. The van der Waals surface area contributed by atoms with E-state index in [-0.39, 0.29) is 5.91 Å². The molecule has 1 aliphatic heterocycles. The average Bonchev–Trinajstić information content (AvgIpc) is 3.07. The average molecular weight is 322 g/mol. The molecule has 1 amide bonds. The van der Waals surface area contributed by atoms with E-state index in [0.717, 1.165) is 13.1 Å². The van der Waals surface area contributed by atoms with Crippen LogP contribution >= 0.6 is 0 Å². The number of aliphatic hydroxyl groups is 1. The van der Waals surface area contributed by atoms with Crippen molar-refractivity contribution in [3.8, 4) is 0 Å². The highest BCUT2D eigenvalue weighted by Gasteiger charge is 2.53. The largest absolute Gasteiger partial charge is 0.372 e. The minimum Gasteiger partial charge on any atom is -0.372 e. The summed E-state index contributed by atoms with van der Waals surface area (Å²) in [7, 11) is 0. The molecule has 2 aliphatic rings. The summed E-state index contributed by atoms with van der Waals surface area (Å²) in [6.45, 7) is 2.73. The van der Waals surface area contributed by atoms with Crippen LogP contribution in [0.15, 0.2) is 60.7 Å². The minimum absolute atomic E-state index is 0.349. The number of hydrogen-bond donors (Lipinski definition) is 3. The second kappa shape index (κ2) is 6.04. The van der Waals surface area contributed by atoms with Gasteiger partial charge in [0.15, 0.2) is 5.60 Å². The van der Waals surface area contributed by atoms with Crippen LogP contribution in [-0.2, 0) is 10.4 Å². The van der Waals surface area contributed by atoms with Crippen LogP contribution in [0.3, 0.4) is 0 Å². The first kappa shape index (κ1) is 15.4. The van der Waals surface area contributed by atoms with Gasteiger partial charge in [0.05, 0.1) is 0 Å². The first-order valence-corrected chi connectivity index (χ1v) is 8.53. The molecule has 2 aromatic rings. The van der Waals surface area contributed by atoms with Gasteiger partial charge in [0.1, 0.15) is 0 Å². The van der Waals surface area contributed by atoms with Gasteiger partial charge in [-0.1, -0.05) is 60.7 Å². The summed E-state index contributed by atoms with van der Waals surface area (Å²) in [5.41, 5.74) is -0.483. The first-order valence-electron chi connectivity index (χ1n) is 8.53. The van der Waals surface area contributed by atoms with E-state index in [4.69, 9.17) is 0 Å². The van der Waals surface area contributed by atoms with Crippen molar-refractivity contribution in [2.75, 3.05) is 19.6 Å². The Morgan fingerprint density at radius 1 is 1.00 bits per heavy atom. The molecule has 1 aliphatic carbocycles. The van der Waals surface area contributed by atoms with E-state index in [1.165, 1.54) is 0 Å². The van der Waals surface area contributed by atoms with Crippen LogP contribution in [0.25, 0.3) is 0 Å². The number of benzene rings is 2. The normalized spacial score (nSPS) is 25.1. The quantitative estimate of drug-likeness (QED) is 0.782. The van der Waals surface area contributed by atoms with Gasteiger partial charge in [-0.15, -0.1) is 0 Å². The summed E-state index contributed by atoms with van der Waals surface area (Å²) in [5, 5.41) is 17.7. The van der Waals surface area contributed by atoms with E-state index in [9.17, 15) is 9.90 Å². The lowest BCUT2D eigenvalue weighted by molar-refractivity contribution is -0.136. The molecule has 0 radical (unpaired) electrons. The van der Waals surface area contributed by atoms with Gasteiger partial charge in [-0.3, -0.25) is 4.79 Å². The van der Waals surface area contributed by atoms with Crippen LogP contribution < -0.4 is 10.6 Å². The van der Waals surface area contributed by atoms with Crippen molar-refractivity contribution in [2.24, 2.45) is 17.8 Å². The Bertz CT molecular complexity index is 667. The lowest BCUT2D eigenvalue weighted by Gasteiger charge is -2.28. The van der Waals surface area contributed by atoms with Crippen molar-refractivity contribution in [2.45, 2.75) is 5.60 Å². The van der Waals surface area contributed by atoms with Crippen LogP contribution in [0.4, 0.5) is 0 Å². The molecule has 4 heteroatoms. The van der Waals surface area contributed by atoms with Crippen LogP contribution in [0.2, 0.25) is 0 Å². The van der Waals surface area contributed by atoms with E-state index in [2.05, 4.69) is 10.6 Å². The molecule has 0 aromatic heterocycles. The van der Waals surface area contributed by atoms with Crippen molar-refractivity contribution in [3.05, 3.63) is 71.8 Å². The predicted molar refractivity (Wildman–Crippen MR) is 92.2 cm³/mol. The predicted octanol–water partition coefficient (Wildman–Crippen LogP) is 1.50. The Kier molecular flexibility index (Phi) is 3.87. The van der Waals surface area contributed by atoms with Gasteiger partial charge < -0.3 is 15.7 Å². The summed E-state index contributed by atoms with van der Waals surface area (Å²) in [5.74, 6) is 1.57. The van der Waals surface area contributed by atoms with Gasteiger partial charge in [0, 0.05) is 6.54 Å². The van der Waals surface area contributed by atoms with E-state index >= 15 is 0 Å². The minimum atomic E-state index is -1.66. The summed E-state index contributed by atoms with van der Waals surface area (Å²) in [6.07, 6.45) is 0. The summed E-state index contributed by atoms with van der Waals surface area (Å²) in [4.78, 5) is 12.9. The number of nitrogens with one attached hydrogen (secondary N) is 2. The molecule has 1 saturated heterocycles. The lowest BCUT2D eigenvalue weighted by Crippen LogP contribution is -2.46. The van der Waals surface area contributed by atoms with Crippen molar-refractivity contribution >= 4 is 5.91 Å². The van der Waals surface area contributed by atoms with Crippen molar-refractivity contribution in [3.63, 3.8) is 0 Å². The molecule has 3 atom stereocenters. The molecule has 2 fully saturated rings. The highest BCUT2D eigenvalue weighted by Crippen LogP contribution is 2.48. The summed E-state index contributed by atoms with van der Waals surface area (Å²) < 4.78 is 0. The first-order chi connectivity index (χ1) is 11.7. The monoisotopic (exact) mass is 322 g/mol. The van der Waals surface area contributed by atoms with Crippen molar-refractivity contribution < 1.29 is 9.90 Å². The molecule has 4 nitrogen and oxygen atoms in total. The van der Waals surface area contributed by atoms with Gasteiger partial charge >= 0.3 is 0 Å². The van der Waals surface area contributed by atoms with E-state index in [1.807, 2.05) is 36.4 Å². The van der Waals surface area contributed by atoms with Gasteiger partial charge in [0.25, 0.3) is 5.91 Å². The number of fused-ring (bicyclic) bond motifs is 1. The summed E-state index contributed by atoms with van der Waals surface area (Å²) in [6, 6.07) is 18.3. The van der Waals surface area contributed by atoms with Gasteiger partial charge in [-0.25, -0.2) is 0 Å². The van der Waals surface area contributed by atoms with Crippen LogP contribution in [0.5, 0.6) is 0 Å². The maximum absolute atomic E-state index is 12.9. The maximum atomic E-state index is 12.9. The number of rotatable bonds is 5. The Morgan fingerprint density at radius 3 is 2.00 bits per heavy atom. The smallest absolute Gasteiger partial charge is 0.261 e. The fourth-order valence-corrected chi connectivity index (χ4v) is 3.98. The van der Waals surface area contributed by atoms with Crippen LogP contribution in [0.1, 0.15) is 11.1 Å². The van der Waals surface area contributed by atoms with E-state index in [1.54, 1.807) is 24.3 Å². The van der Waals surface area contributed by atoms with Crippen molar-refractivity contribution in [1.82, 2.24) is 10.6 Å². The second-order valence-corrected chi connectivity index (χ2v) is 6.80. The van der Waals surface area contributed by atoms with Gasteiger partial charge in [-0.2, -0.15) is 0 Å². The van der Waals surface area contributed by atoms with Crippen LogP contribution in [0, 0.1) is 17.8 Å². The SMILES string of the molecule is O=C(NC[C@H]1[C@@H]2CNC[C@@H]21)C(O)(c1ccccc1)c1ccccc1. The molecule has 3 N–H and O–H groups in total. The Hall–Kier alpha value is -2.17. The zero-order chi connectivity index (χ0) is 16.6. The third-order valence-electron chi connectivity index (χ3n) is 5.48. The molecule has 2 aromatic carbocycles. The molecule has 24 heavy (non-hydrogen) atoms. The standard InChI is InChI=1S/C20H22N2O2/c23-19(22-13-18-16-11-21-12-17(16)18)20(24,14-7-3-1-4-8-14)15-9-5-2-6-10-15/h1-10,16-18,21,24H,11-13H2,(H,22,23)/t16-,17+,18+. The molecule has 1 heterocycles. The maximum Gasteiger partial charge on any atom is 0.261 e. The molecule has 4 rings (SSSR count). The zero-order valence-corrected chi connectivity index (χ0v) is 13.5. The lowest BCUT2D eigenvalue weighted by atomic mass is 9.85.